The molecular formula is C24H32FNO4. The van der Waals surface area contributed by atoms with Crippen LogP contribution in [0.1, 0.15) is 30.4 Å². The van der Waals surface area contributed by atoms with Gasteiger partial charge < -0.3 is 24.6 Å². The maximum Gasteiger partial charge on any atom is 0.131 e. The molecule has 1 unspecified atom stereocenters. The second-order valence-electron chi connectivity index (χ2n) is 7.84. The largest absolute Gasteiger partial charge is 0.497 e. The van der Waals surface area contributed by atoms with E-state index in [9.17, 15) is 5.11 Å². The number of hydrogen-bond donors (Lipinski definition) is 2. The number of halogens is 1. The highest BCUT2D eigenvalue weighted by Crippen LogP contribution is 2.41. The van der Waals surface area contributed by atoms with Gasteiger partial charge in [-0.2, -0.15) is 0 Å². The van der Waals surface area contributed by atoms with E-state index in [2.05, 4.69) is 5.32 Å². The molecule has 6 heteroatoms. The molecule has 2 aromatic carbocycles. The van der Waals surface area contributed by atoms with Gasteiger partial charge in [0, 0.05) is 32.4 Å². The Hall–Kier alpha value is -1.99. The average Bonchev–Trinajstić information content (AvgIpc) is 2.76. The standard InChI is InChI=1S/C24H32FNO4/c1-17-13-18(15-19(14-17)29-3)23-20(7-6-8-21(23)25)24(27,9-4-5-11-28-2)22-16-26-10-12-30-22/h6-8,13-15,22,26-27H,4-5,9-12,16H2,1-3H3/t22?,24-/m1/s1. The Morgan fingerprint density at radius 2 is 2.07 bits per heavy atom. The second-order valence-corrected chi connectivity index (χ2v) is 7.84. The Morgan fingerprint density at radius 1 is 1.23 bits per heavy atom. The second kappa shape index (κ2) is 10.4. The highest BCUT2D eigenvalue weighted by molar-refractivity contribution is 5.71. The molecule has 1 heterocycles. The van der Waals surface area contributed by atoms with Crippen molar-refractivity contribution in [3.05, 3.63) is 53.3 Å². The monoisotopic (exact) mass is 417 g/mol. The van der Waals surface area contributed by atoms with Gasteiger partial charge in [-0.25, -0.2) is 4.39 Å². The fourth-order valence-corrected chi connectivity index (χ4v) is 4.17. The summed E-state index contributed by atoms with van der Waals surface area (Å²) >= 11 is 0. The number of methoxy groups -OCH3 is 2. The highest BCUT2D eigenvalue weighted by atomic mass is 19.1. The predicted octanol–water partition coefficient (Wildman–Crippen LogP) is 3.80. The van der Waals surface area contributed by atoms with Gasteiger partial charge in [0.25, 0.3) is 0 Å². The summed E-state index contributed by atoms with van der Waals surface area (Å²) in [4.78, 5) is 0. The molecule has 1 fully saturated rings. The number of hydrogen-bond acceptors (Lipinski definition) is 5. The zero-order valence-electron chi connectivity index (χ0n) is 18.0. The molecule has 2 N–H and O–H groups in total. The van der Waals surface area contributed by atoms with Crippen LogP contribution in [-0.2, 0) is 15.1 Å². The molecule has 164 valence electrons. The van der Waals surface area contributed by atoms with Crippen molar-refractivity contribution in [2.24, 2.45) is 0 Å². The van der Waals surface area contributed by atoms with Crippen LogP contribution in [0.5, 0.6) is 5.75 Å². The number of aryl methyl sites for hydroxylation is 1. The number of unbranched alkanes of at least 4 members (excludes halogenated alkanes) is 1. The minimum atomic E-state index is -1.34. The lowest BCUT2D eigenvalue weighted by Crippen LogP contribution is -2.51. The summed E-state index contributed by atoms with van der Waals surface area (Å²) in [5.74, 6) is 0.276. The first kappa shape index (κ1) is 22.7. The van der Waals surface area contributed by atoms with Crippen LogP contribution in [0.25, 0.3) is 11.1 Å². The van der Waals surface area contributed by atoms with Crippen molar-refractivity contribution in [3.63, 3.8) is 0 Å². The summed E-state index contributed by atoms with van der Waals surface area (Å²) < 4.78 is 31.7. The third-order valence-electron chi connectivity index (χ3n) is 5.67. The van der Waals surface area contributed by atoms with Gasteiger partial charge in [-0.05, 0) is 61.1 Å². The Balaban J connectivity index is 2.09. The number of aliphatic hydroxyl groups is 1. The number of benzene rings is 2. The van der Waals surface area contributed by atoms with Gasteiger partial charge in [0.1, 0.15) is 23.3 Å². The van der Waals surface area contributed by atoms with Gasteiger partial charge in [-0.1, -0.05) is 18.2 Å². The van der Waals surface area contributed by atoms with Crippen molar-refractivity contribution < 1.29 is 23.7 Å². The Kier molecular flexibility index (Phi) is 7.83. The van der Waals surface area contributed by atoms with E-state index < -0.39 is 11.7 Å². The molecule has 30 heavy (non-hydrogen) atoms. The van der Waals surface area contributed by atoms with E-state index in [1.54, 1.807) is 26.4 Å². The molecule has 2 aromatic rings. The van der Waals surface area contributed by atoms with E-state index in [4.69, 9.17) is 14.2 Å². The summed E-state index contributed by atoms with van der Waals surface area (Å²) in [5.41, 5.74) is 1.23. The number of morpholine rings is 1. The lowest BCUT2D eigenvalue weighted by Gasteiger charge is -2.40. The van der Waals surface area contributed by atoms with Crippen LogP contribution in [0.4, 0.5) is 4.39 Å². The van der Waals surface area contributed by atoms with Crippen LogP contribution in [0.15, 0.2) is 36.4 Å². The van der Waals surface area contributed by atoms with Crippen molar-refractivity contribution in [3.8, 4) is 16.9 Å². The Bertz CT molecular complexity index is 838. The van der Waals surface area contributed by atoms with Crippen LogP contribution in [0.3, 0.4) is 0 Å². The molecule has 0 bridgehead atoms. The minimum absolute atomic E-state index is 0.376. The molecule has 0 aromatic heterocycles. The normalized spacial score (nSPS) is 18.8. The molecular weight excluding hydrogens is 385 g/mol. The molecule has 0 aliphatic carbocycles. The van der Waals surface area contributed by atoms with E-state index in [-0.39, 0.29) is 5.82 Å². The predicted molar refractivity (Wildman–Crippen MR) is 115 cm³/mol. The van der Waals surface area contributed by atoms with E-state index in [0.29, 0.717) is 48.6 Å². The lowest BCUT2D eigenvalue weighted by atomic mass is 9.79. The molecule has 1 aliphatic rings. The molecule has 3 rings (SSSR count). The van der Waals surface area contributed by atoms with E-state index in [1.165, 1.54) is 6.07 Å². The zero-order chi connectivity index (χ0) is 21.6. The van der Waals surface area contributed by atoms with E-state index in [0.717, 1.165) is 24.9 Å². The van der Waals surface area contributed by atoms with Crippen LogP contribution in [0, 0.1) is 12.7 Å². The van der Waals surface area contributed by atoms with Gasteiger partial charge in [0.2, 0.25) is 0 Å². The van der Waals surface area contributed by atoms with Crippen molar-refractivity contribution in [1.29, 1.82) is 0 Å². The van der Waals surface area contributed by atoms with E-state index >= 15 is 4.39 Å². The molecule has 1 aliphatic heterocycles. The maximum absolute atomic E-state index is 15.2. The SMILES string of the molecule is COCCCC[C@@](O)(c1cccc(F)c1-c1cc(C)cc(OC)c1)C1CNCCO1. The number of nitrogens with one attached hydrogen (secondary N) is 1. The first-order valence-electron chi connectivity index (χ1n) is 10.5. The smallest absolute Gasteiger partial charge is 0.131 e. The van der Waals surface area contributed by atoms with E-state index in [1.807, 2.05) is 25.1 Å². The van der Waals surface area contributed by atoms with Crippen LogP contribution in [-0.4, -0.2) is 51.7 Å². The zero-order valence-corrected chi connectivity index (χ0v) is 18.0. The Morgan fingerprint density at radius 3 is 2.77 bits per heavy atom. The molecule has 1 saturated heterocycles. The topological polar surface area (TPSA) is 60.0 Å². The molecule has 0 radical (unpaired) electrons. The van der Waals surface area contributed by atoms with Gasteiger partial charge in [-0.15, -0.1) is 0 Å². The summed E-state index contributed by atoms with van der Waals surface area (Å²) in [6.07, 6.45) is 1.52. The van der Waals surface area contributed by atoms with Crippen molar-refractivity contribution >= 4 is 0 Å². The fourth-order valence-electron chi connectivity index (χ4n) is 4.17. The van der Waals surface area contributed by atoms with Crippen molar-refractivity contribution in [1.82, 2.24) is 5.32 Å². The summed E-state index contributed by atoms with van der Waals surface area (Å²) in [5, 5.41) is 15.3. The summed E-state index contributed by atoms with van der Waals surface area (Å²) in [6, 6.07) is 10.5. The maximum atomic E-state index is 15.2. The summed E-state index contributed by atoms with van der Waals surface area (Å²) in [7, 11) is 3.25. The first-order valence-corrected chi connectivity index (χ1v) is 10.5. The number of ether oxygens (including phenoxy) is 3. The minimum Gasteiger partial charge on any atom is -0.497 e. The summed E-state index contributed by atoms with van der Waals surface area (Å²) in [6.45, 7) is 4.31. The van der Waals surface area contributed by atoms with Gasteiger partial charge in [-0.3, -0.25) is 0 Å². The van der Waals surface area contributed by atoms with Crippen molar-refractivity contribution in [2.75, 3.05) is 40.5 Å². The third kappa shape index (κ3) is 5.01. The molecule has 0 spiro atoms. The lowest BCUT2D eigenvalue weighted by molar-refractivity contribution is -0.129. The molecule has 2 atom stereocenters. The fraction of sp³-hybridized carbons (Fsp3) is 0.500. The van der Waals surface area contributed by atoms with Crippen LogP contribution in [0.2, 0.25) is 0 Å². The van der Waals surface area contributed by atoms with Crippen LogP contribution < -0.4 is 10.1 Å². The highest BCUT2D eigenvalue weighted by Gasteiger charge is 2.42. The molecule has 0 amide bonds. The van der Waals surface area contributed by atoms with Crippen molar-refractivity contribution in [2.45, 2.75) is 37.9 Å². The average molecular weight is 418 g/mol. The van der Waals surface area contributed by atoms with Gasteiger partial charge in [0.05, 0.1) is 13.7 Å². The molecule has 5 nitrogen and oxygen atoms in total. The molecule has 0 saturated carbocycles. The van der Waals surface area contributed by atoms with Gasteiger partial charge in [0.15, 0.2) is 0 Å². The van der Waals surface area contributed by atoms with Crippen LogP contribution >= 0.6 is 0 Å². The van der Waals surface area contributed by atoms with Gasteiger partial charge >= 0.3 is 0 Å². The first-order chi connectivity index (χ1) is 14.5. The number of rotatable bonds is 9. The quantitative estimate of drug-likeness (QED) is 0.608. The Labute approximate surface area is 178 Å². The third-order valence-corrected chi connectivity index (χ3v) is 5.67.